The van der Waals surface area contributed by atoms with Crippen LogP contribution in [0.2, 0.25) is 0 Å². The molecule has 4 heteroatoms. The molecule has 0 radical (unpaired) electrons. The van der Waals surface area contributed by atoms with E-state index in [0.717, 1.165) is 30.5 Å². The third-order valence-corrected chi connectivity index (χ3v) is 4.61. The number of nitrogens with one attached hydrogen (secondary N) is 1. The summed E-state index contributed by atoms with van der Waals surface area (Å²) >= 11 is 0. The molecule has 0 saturated carbocycles. The highest BCUT2D eigenvalue weighted by atomic mass is 32.2. The van der Waals surface area contributed by atoms with E-state index in [9.17, 15) is 8.42 Å². The van der Waals surface area contributed by atoms with Gasteiger partial charge in [0.05, 0.1) is 10.6 Å². The molecule has 3 aliphatic rings. The van der Waals surface area contributed by atoms with Gasteiger partial charge in [0.15, 0.2) is 0 Å². The van der Waals surface area contributed by atoms with Crippen molar-refractivity contribution in [2.45, 2.75) is 26.2 Å². The quantitative estimate of drug-likeness (QED) is 0.681. The number of allylic oxidation sites excluding steroid dienone is 4. The Balaban J connectivity index is 2.28. The van der Waals surface area contributed by atoms with Crippen LogP contribution >= 0.6 is 0 Å². The van der Waals surface area contributed by atoms with Gasteiger partial charge in [-0.3, -0.25) is 4.72 Å². The second kappa shape index (κ2) is 2.76. The fraction of sp³-hybridized carbons (Fsp3) is 0.455. The first kappa shape index (κ1) is 9.21. The van der Waals surface area contributed by atoms with Gasteiger partial charge >= 0.3 is 0 Å². The smallest absolute Gasteiger partial charge is 0.262 e. The van der Waals surface area contributed by atoms with Crippen molar-refractivity contribution in [3.63, 3.8) is 0 Å². The minimum atomic E-state index is -3.25. The molecule has 1 atom stereocenters. The van der Waals surface area contributed by atoms with Crippen molar-refractivity contribution in [2.24, 2.45) is 5.92 Å². The summed E-state index contributed by atoms with van der Waals surface area (Å²) in [5.74, 6) is 0.341. The first-order valence-corrected chi connectivity index (χ1v) is 6.74. The highest BCUT2D eigenvalue weighted by Crippen LogP contribution is 2.43. The normalized spacial score (nSPS) is 31.7. The summed E-state index contributed by atoms with van der Waals surface area (Å²) in [5.41, 5.74) is 3.10. The van der Waals surface area contributed by atoms with Gasteiger partial charge in [-0.2, -0.15) is 0 Å². The molecule has 0 aromatic carbocycles. The van der Waals surface area contributed by atoms with Gasteiger partial charge in [0.2, 0.25) is 0 Å². The van der Waals surface area contributed by atoms with Crippen LogP contribution in [0.25, 0.3) is 0 Å². The van der Waals surface area contributed by atoms with Crippen molar-refractivity contribution in [3.05, 3.63) is 33.9 Å². The third-order valence-electron chi connectivity index (χ3n) is 3.20. The standard InChI is InChI=1S/C11H13NO2S/c1-7-5-8-3-2-4-9-11(8)10(6-7)15(13,14)12-9/h4,6-7,12H,2-3,5H2,1H3. The fourth-order valence-corrected chi connectivity index (χ4v) is 4.14. The lowest BCUT2D eigenvalue weighted by Crippen LogP contribution is -2.14. The minimum absolute atomic E-state index is 0.341. The average molecular weight is 223 g/mol. The van der Waals surface area contributed by atoms with Crippen LogP contribution in [0.4, 0.5) is 0 Å². The Morgan fingerprint density at radius 1 is 1.47 bits per heavy atom. The first-order valence-electron chi connectivity index (χ1n) is 5.25. The van der Waals surface area contributed by atoms with Crippen LogP contribution < -0.4 is 4.72 Å². The van der Waals surface area contributed by atoms with E-state index in [1.165, 1.54) is 5.57 Å². The Morgan fingerprint density at radius 3 is 3.07 bits per heavy atom. The molecule has 1 aliphatic heterocycles. The van der Waals surface area contributed by atoms with Crippen molar-refractivity contribution in [3.8, 4) is 0 Å². The molecular weight excluding hydrogens is 210 g/mol. The van der Waals surface area contributed by atoms with Gasteiger partial charge in [-0.1, -0.05) is 24.6 Å². The molecular formula is C11H13NO2S. The van der Waals surface area contributed by atoms with Crippen molar-refractivity contribution >= 4 is 10.0 Å². The average Bonchev–Trinajstić information content (AvgIpc) is 2.39. The number of sulfonamides is 1. The van der Waals surface area contributed by atoms with Crippen LogP contribution in [0, 0.1) is 5.92 Å². The molecule has 0 aromatic rings. The number of rotatable bonds is 0. The van der Waals surface area contributed by atoms with Crippen LogP contribution in [0.1, 0.15) is 26.2 Å². The zero-order valence-corrected chi connectivity index (χ0v) is 9.39. The molecule has 1 fully saturated rings. The molecule has 15 heavy (non-hydrogen) atoms. The summed E-state index contributed by atoms with van der Waals surface area (Å²) in [4.78, 5) is 0.516. The highest BCUT2D eigenvalue weighted by Gasteiger charge is 2.38. The molecule has 1 N–H and O–H groups in total. The van der Waals surface area contributed by atoms with Crippen LogP contribution in [-0.4, -0.2) is 8.42 Å². The summed E-state index contributed by atoms with van der Waals surface area (Å²) in [5, 5.41) is 0. The molecule has 3 rings (SSSR count). The summed E-state index contributed by atoms with van der Waals surface area (Å²) in [6.07, 6.45) is 6.85. The van der Waals surface area contributed by atoms with Gasteiger partial charge < -0.3 is 0 Å². The van der Waals surface area contributed by atoms with E-state index < -0.39 is 10.0 Å². The second-order valence-electron chi connectivity index (χ2n) is 4.45. The van der Waals surface area contributed by atoms with Gasteiger partial charge in [-0.05, 0) is 25.2 Å². The summed E-state index contributed by atoms with van der Waals surface area (Å²) in [7, 11) is -3.25. The van der Waals surface area contributed by atoms with Crippen molar-refractivity contribution in [1.82, 2.24) is 4.72 Å². The summed E-state index contributed by atoms with van der Waals surface area (Å²) in [6, 6.07) is 0. The Kier molecular flexibility index (Phi) is 1.69. The minimum Gasteiger partial charge on any atom is -0.279 e. The van der Waals surface area contributed by atoms with Crippen molar-refractivity contribution in [1.29, 1.82) is 0 Å². The Hall–Kier alpha value is -1.03. The molecule has 1 saturated heterocycles. The van der Waals surface area contributed by atoms with Crippen LogP contribution in [0.5, 0.6) is 0 Å². The van der Waals surface area contributed by atoms with E-state index in [0.29, 0.717) is 10.8 Å². The van der Waals surface area contributed by atoms with Crippen molar-refractivity contribution < 1.29 is 8.42 Å². The first-order chi connectivity index (χ1) is 7.08. The Labute approximate surface area is 89.6 Å². The zero-order chi connectivity index (χ0) is 10.6. The van der Waals surface area contributed by atoms with Gasteiger partial charge in [0.25, 0.3) is 10.0 Å². The van der Waals surface area contributed by atoms with E-state index >= 15 is 0 Å². The Morgan fingerprint density at radius 2 is 2.27 bits per heavy atom. The van der Waals surface area contributed by atoms with E-state index in [-0.39, 0.29) is 0 Å². The molecule has 0 amide bonds. The maximum absolute atomic E-state index is 11.8. The maximum Gasteiger partial charge on any atom is 0.262 e. The SMILES string of the molecule is CC1C=C2C3=C(CCC=C3NS2(=O)=O)C1. The van der Waals surface area contributed by atoms with E-state index in [1.54, 1.807) is 0 Å². The maximum atomic E-state index is 11.8. The van der Waals surface area contributed by atoms with Crippen LogP contribution in [0.3, 0.4) is 0 Å². The van der Waals surface area contributed by atoms with Crippen LogP contribution in [-0.2, 0) is 10.0 Å². The van der Waals surface area contributed by atoms with E-state index in [1.807, 2.05) is 12.2 Å². The van der Waals surface area contributed by atoms with Gasteiger partial charge in [0.1, 0.15) is 0 Å². The predicted molar refractivity (Wildman–Crippen MR) is 58.3 cm³/mol. The van der Waals surface area contributed by atoms with Gasteiger partial charge in [0, 0.05) is 5.57 Å². The number of hydrogen-bond donors (Lipinski definition) is 1. The monoisotopic (exact) mass is 223 g/mol. The highest BCUT2D eigenvalue weighted by molar-refractivity contribution is 7.94. The topological polar surface area (TPSA) is 46.2 Å². The molecule has 0 bridgehead atoms. The lowest BCUT2D eigenvalue weighted by molar-refractivity contribution is 0.598. The lowest BCUT2D eigenvalue weighted by atomic mass is 9.84. The second-order valence-corrected chi connectivity index (χ2v) is 6.10. The molecule has 80 valence electrons. The Bertz CT molecular complexity index is 523. The molecule has 0 spiro atoms. The van der Waals surface area contributed by atoms with Crippen LogP contribution in [0.15, 0.2) is 33.9 Å². The van der Waals surface area contributed by atoms with Gasteiger partial charge in [-0.25, -0.2) is 8.42 Å². The molecule has 1 heterocycles. The zero-order valence-electron chi connectivity index (χ0n) is 8.58. The largest absolute Gasteiger partial charge is 0.279 e. The summed E-state index contributed by atoms with van der Waals surface area (Å²) in [6.45, 7) is 2.07. The predicted octanol–water partition coefficient (Wildman–Crippen LogP) is 1.82. The molecule has 0 aromatic heterocycles. The lowest BCUT2D eigenvalue weighted by Gasteiger charge is -2.22. The molecule has 1 unspecified atom stereocenters. The third kappa shape index (κ3) is 1.21. The summed E-state index contributed by atoms with van der Waals surface area (Å²) < 4.78 is 26.3. The fourth-order valence-electron chi connectivity index (χ4n) is 2.63. The van der Waals surface area contributed by atoms with E-state index in [2.05, 4.69) is 11.6 Å². The molecule has 3 nitrogen and oxygen atoms in total. The van der Waals surface area contributed by atoms with Gasteiger partial charge in [-0.15, -0.1) is 0 Å². The van der Waals surface area contributed by atoms with Crippen molar-refractivity contribution in [2.75, 3.05) is 0 Å². The molecule has 2 aliphatic carbocycles. The van der Waals surface area contributed by atoms with E-state index in [4.69, 9.17) is 0 Å². The number of hydrogen-bond acceptors (Lipinski definition) is 2.